The summed E-state index contributed by atoms with van der Waals surface area (Å²) in [6.07, 6.45) is 1.07. The van der Waals surface area contributed by atoms with Crippen LogP contribution in [0.1, 0.15) is 16.8 Å². The molecule has 0 saturated carbocycles. The second-order valence-electron chi connectivity index (χ2n) is 6.06. The van der Waals surface area contributed by atoms with Crippen LogP contribution >= 0.6 is 15.9 Å². The molecule has 0 spiro atoms. The molecule has 6 heteroatoms. The second kappa shape index (κ2) is 8.24. The summed E-state index contributed by atoms with van der Waals surface area (Å²) in [6.45, 7) is 5.66. The fraction of sp³-hybridized carbons (Fsp3) is 0.588. The number of morpholine rings is 1. The minimum Gasteiger partial charge on any atom is -0.381 e. The first kappa shape index (κ1) is 16.9. The maximum Gasteiger partial charge on any atom is 0.251 e. The first-order chi connectivity index (χ1) is 11.2. The van der Waals surface area contributed by atoms with Crippen LogP contribution in [0.15, 0.2) is 28.7 Å². The summed E-state index contributed by atoms with van der Waals surface area (Å²) in [4.78, 5) is 14.8. The Labute approximate surface area is 145 Å². The van der Waals surface area contributed by atoms with Crippen LogP contribution in [0.2, 0.25) is 0 Å². The minimum atomic E-state index is -0.0188. The molecule has 1 N–H and O–H groups in total. The number of halogens is 1. The second-order valence-corrected chi connectivity index (χ2v) is 6.97. The van der Waals surface area contributed by atoms with Crippen LogP contribution < -0.4 is 5.32 Å². The van der Waals surface area contributed by atoms with Crippen molar-refractivity contribution in [3.05, 3.63) is 34.3 Å². The molecule has 0 aliphatic carbocycles. The molecule has 1 aromatic carbocycles. The van der Waals surface area contributed by atoms with Gasteiger partial charge in [0.15, 0.2) is 0 Å². The van der Waals surface area contributed by atoms with E-state index in [1.165, 1.54) is 0 Å². The van der Waals surface area contributed by atoms with Gasteiger partial charge in [-0.25, -0.2) is 0 Å². The summed E-state index contributed by atoms with van der Waals surface area (Å²) in [6, 6.07) is 7.77. The summed E-state index contributed by atoms with van der Waals surface area (Å²) in [7, 11) is 0. The maximum atomic E-state index is 12.4. The van der Waals surface area contributed by atoms with Gasteiger partial charge in [-0.3, -0.25) is 9.69 Å². The standard InChI is InChI=1S/C17H23BrN2O3/c18-15-3-1-13(2-4-15)17(21)19-11-16(14-5-8-23-12-14)20-6-9-22-10-7-20/h1-4,14,16H,5-12H2,(H,19,21). The summed E-state index contributed by atoms with van der Waals surface area (Å²) in [5.41, 5.74) is 0.691. The highest BCUT2D eigenvalue weighted by Gasteiger charge is 2.31. The van der Waals surface area contributed by atoms with Crippen molar-refractivity contribution in [3.63, 3.8) is 0 Å². The fourth-order valence-corrected chi connectivity index (χ4v) is 3.52. The van der Waals surface area contributed by atoms with Crippen molar-refractivity contribution in [3.8, 4) is 0 Å². The Balaban J connectivity index is 1.61. The predicted molar refractivity (Wildman–Crippen MR) is 91.6 cm³/mol. The molecule has 126 valence electrons. The maximum absolute atomic E-state index is 12.4. The lowest BCUT2D eigenvalue weighted by Crippen LogP contribution is -2.52. The molecule has 0 aromatic heterocycles. The van der Waals surface area contributed by atoms with Gasteiger partial charge < -0.3 is 14.8 Å². The lowest BCUT2D eigenvalue weighted by molar-refractivity contribution is 0.00166. The van der Waals surface area contributed by atoms with Gasteiger partial charge in [0.1, 0.15) is 0 Å². The lowest BCUT2D eigenvalue weighted by atomic mass is 9.96. The molecular formula is C17H23BrN2O3. The van der Waals surface area contributed by atoms with Gasteiger partial charge in [-0.1, -0.05) is 15.9 Å². The Hall–Kier alpha value is -0.950. The van der Waals surface area contributed by atoms with Crippen molar-refractivity contribution in [1.82, 2.24) is 10.2 Å². The largest absolute Gasteiger partial charge is 0.381 e. The van der Waals surface area contributed by atoms with Crippen LogP contribution in [-0.4, -0.2) is 62.9 Å². The zero-order valence-corrected chi connectivity index (χ0v) is 14.8. The molecule has 23 heavy (non-hydrogen) atoms. The van der Waals surface area contributed by atoms with E-state index >= 15 is 0 Å². The van der Waals surface area contributed by atoms with Gasteiger partial charge >= 0.3 is 0 Å². The predicted octanol–water partition coefficient (Wildman–Crippen LogP) is 1.92. The summed E-state index contributed by atoms with van der Waals surface area (Å²) < 4.78 is 12.0. The van der Waals surface area contributed by atoms with E-state index < -0.39 is 0 Å². The molecule has 2 fully saturated rings. The van der Waals surface area contributed by atoms with E-state index in [-0.39, 0.29) is 5.91 Å². The number of carbonyl (C=O) groups is 1. The average molecular weight is 383 g/mol. The SMILES string of the molecule is O=C(NCC(C1CCOC1)N1CCOCC1)c1ccc(Br)cc1. The third-order valence-corrected chi connectivity index (χ3v) is 5.13. The highest BCUT2D eigenvalue weighted by molar-refractivity contribution is 9.10. The number of benzene rings is 1. The van der Waals surface area contributed by atoms with Crippen LogP contribution in [0.4, 0.5) is 0 Å². The van der Waals surface area contributed by atoms with Crippen LogP contribution in [-0.2, 0) is 9.47 Å². The van der Waals surface area contributed by atoms with Crippen molar-refractivity contribution in [2.45, 2.75) is 12.5 Å². The van der Waals surface area contributed by atoms with E-state index in [1.807, 2.05) is 24.3 Å². The Bertz CT molecular complexity index is 511. The molecule has 2 atom stereocenters. The van der Waals surface area contributed by atoms with Gasteiger partial charge in [-0.2, -0.15) is 0 Å². The molecule has 1 amide bonds. The topological polar surface area (TPSA) is 50.8 Å². The summed E-state index contributed by atoms with van der Waals surface area (Å²) in [5.74, 6) is 0.466. The third-order valence-electron chi connectivity index (χ3n) is 4.60. The van der Waals surface area contributed by atoms with E-state index in [0.29, 0.717) is 24.1 Å². The normalized spacial score (nSPS) is 23.6. The van der Waals surface area contributed by atoms with Crippen molar-refractivity contribution >= 4 is 21.8 Å². The molecule has 2 aliphatic rings. The first-order valence-electron chi connectivity index (χ1n) is 8.17. The Kier molecular flexibility index (Phi) is 6.05. The Morgan fingerprint density at radius 2 is 1.96 bits per heavy atom. The molecule has 2 saturated heterocycles. The number of hydrogen-bond donors (Lipinski definition) is 1. The molecule has 0 bridgehead atoms. The molecule has 2 unspecified atom stereocenters. The summed E-state index contributed by atoms with van der Waals surface area (Å²) >= 11 is 3.39. The summed E-state index contributed by atoms with van der Waals surface area (Å²) in [5, 5.41) is 3.10. The highest BCUT2D eigenvalue weighted by atomic mass is 79.9. The first-order valence-corrected chi connectivity index (χ1v) is 8.96. The molecule has 0 radical (unpaired) electrons. The number of ether oxygens (including phenoxy) is 2. The number of amides is 1. The van der Waals surface area contributed by atoms with E-state index in [2.05, 4.69) is 26.1 Å². The average Bonchev–Trinajstić information content (AvgIpc) is 3.11. The van der Waals surface area contributed by atoms with Crippen LogP contribution in [0.25, 0.3) is 0 Å². The third kappa shape index (κ3) is 4.53. The van der Waals surface area contributed by atoms with E-state index in [9.17, 15) is 4.79 Å². The smallest absolute Gasteiger partial charge is 0.251 e. The number of nitrogens with one attached hydrogen (secondary N) is 1. The molecule has 5 nitrogen and oxygen atoms in total. The van der Waals surface area contributed by atoms with E-state index in [0.717, 1.165) is 50.4 Å². The van der Waals surface area contributed by atoms with Gasteiger partial charge in [0.25, 0.3) is 5.91 Å². The van der Waals surface area contributed by atoms with Gasteiger partial charge in [0.05, 0.1) is 19.8 Å². The zero-order chi connectivity index (χ0) is 16.1. The highest BCUT2D eigenvalue weighted by Crippen LogP contribution is 2.22. The molecule has 2 heterocycles. The van der Waals surface area contributed by atoms with Crippen LogP contribution in [0.5, 0.6) is 0 Å². The Morgan fingerprint density at radius 1 is 1.22 bits per heavy atom. The molecule has 3 rings (SSSR count). The van der Waals surface area contributed by atoms with Gasteiger partial charge in [-0.15, -0.1) is 0 Å². The van der Waals surface area contributed by atoms with Crippen molar-refractivity contribution in [2.75, 3.05) is 46.1 Å². The number of rotatable bonds is 5. The van der Waals surface area contributed by atoms with Crippen LogP contribution in [0.3, 0.4) is 0 Å². The van der Waals surface area contributed by atoms with E-state index in [1.54, 1.807) is 0 Å². The quantitative estimate of drug-likeness (QED) is 0.844. The number of nitrogens with zero attached hydrogens (tertiary/aromatic N) is 1. The van der Waals surface area contributed by atoms with Crippen LogP contribution in [0, 0.1) is 5.92 Å². The van der Waals surface area contributed by atoms with Crippen molar-refractivity contribution < 1.29 is 14.3 Å². The van der Waals surface area contributed by atoms with Gasteiger partial charge in [0.2, 0.25) is 0 Å². The molecule has 1 aromatic rings. The van der Waals surface area contributed by atoms with Crippen molar-refractivity contribution in [1.29, 1.82) is 0 Å². The number of carbonyl (C=O) groups excluding carboxylic acids is 1. The lowest BCUT2D eigenvalue weighted by Gasteiger charge is -2.37. The monoisotopic (exact) mass is 382 g/mol. The molecular weight excluding hydrogens is 360 g/mol. The fourth-order valence-electron chi connectivity index (χ4n) is 3.26. The van der Waals surface area contributed by atoms with Gasteiger partial charge in [-0.05, 0) is 30.7 Å². The zero-order valence-electron chi connectivity index (χ0n) is 13.2. The van der Waals surface area contributed by atoms with E-state index in [4.69, 9.17) is 9.47 Å². The molecule has 2 aliphatic heterocycles. The number of hydrogen-bond acceptors (Lipinski definition) is 4. The Morgan fingerprint density at radius 3 is 2.61 bits per heavy atom. The van der Waals surface area contributed by atoms with Crippen molar-refractivity contribution in [2.24, 2.45) is 5.92 Å². The minimum absolute atomic E-state index is 0.0188. The van der Waals surface area contributed by atoms with Gasteiger partial charge in [0, 0.05) is 48.2 Å².